The number of pyridine rings is 1. The molecular weight excluding hydrogens is 688 g/mol. The van der Waals surface area contributed by atoms with Crippen molar-refractivity contribution >= 4 is 23.3 Å². The first kappa shape index (κ1) is 36.4. The average molecular weight is 743 g/mol. The van der Waals surface area contributed by atoms with Gasteiger partial charge in [-0.3, -0.25) is 9.88 Å². The molecule has 284 valence electrons. The molecule has 0 amide bonds. The Morgan fingerprint density at radius 1 is 1.11 bits per heavy atom. The zero-order valence-electron chi connectivity index (χ0n) is 31.5. The predicted octanol–water partition coefficient (Wildman–Crippen LogP) is 7.59. The van der Waals surface area contributed by atoms with E-state index in [0.29, 0.717) is 48.8 Å². The van der Waals surface area contributed by atoms with Crippen molar-refractivity contribution < 1.29 is 24.1 Å². The lowest BCUT2D eigenvalue weighted by Gasteiger charge is -2.47. The molecule has 8 rings (SSSR count). The molecule has 10 heteroatoms. The fourth-order valence-corrected chi connectivity index (χ4v) is 10.3. The van der Waals surface area contributed by atoms with Crippen LogP contribution in [0.1, 0.15) is 87.1 Å². The summed E-state index contributed by atoms with van der Waals surface area (Å²) in [6, 6.07) is 13.9. The molecule has 1 spiro atoms. The molecule has 0 radical (unpaired) electrons. The maximum atomic E-state index is 13.1. The third-order valence-corrected chi connectivity index (χ3v) is 13.4. The van der Waals surface area contributed by atoms with E-state index < -0.39 is 11.5 Å². The quantitative estimate of drug-likeness (QED) is 0.218. The number of benzene rings is 2. The number of piperazine rings is 1. The molecule has 2 aliphatic heterocycles. The molecular formula is C43H55ClN4O5. The third-order valence-electron chi connectivity index (χ3n) is 13.1. The topological polar surface area (TPSA) is 96.4 Å². The Morgan fingerprint density at radius 2 is 1.92 bits per heavy atom. The fraction of sp³-hybridized carbons (Fsp3) is 0.581. The van der Waals surface area contributed by atoms with Gasteiger partial charge in [-0.05, 0) is 136 Å². The number of carbonyl (C=O) groups is 1. The van der Waals surface area contributed by atoms with Gasteiger partial charge in [0.25, 0.3) is 0 Å². The van der Waals surface area contributed by atoms with Crippen LogP contribution in [0.3, 0.4) is 0 Å². The van der Waals surface area contributed by atoms with E-state index in [2.05, 4.69) is 53.1 Å². The number of fused-ring (bicyclic) bond motifs is 4. The Bertz CT molecular complexity index is 1800. The minimum Gasteiger partial charge on any atom is -0.493 e. The summed E-state index contributed by atoms with van der Waals surface area (Å²) < 4.78 is 19.8. The first-order valence-electron chi connectivity index (χ1n) is 19.9. The lowest BCUT2D eigenvalue weighted by Crippen LogP contribution is -2.53. The van der Waals surface area contributed by atoms with Gasteiger partial charge in [0.1, 0.15) is 24.0 Å². The van der Waals surface area contributed by atoms with Gasteiger partial charge in [0.15, 0.2) is 11.5 Å². The highest BCUT2D eigenvalue weighted by atomic mass is 35.5. The molecule has 2 fully saturated rings. The van der Waals surface area contributed by atoms with E-state index in [0.717, 1.165) is 87.8 Å². The van der Waals surface area contributed by atoms with Crippen LogP contribution in [0.25, 0.3) is 0 Å². The molecule has 3 heterocycles. The normalized spacial score (nSPS) is 28.9. The van der Waals surface area contributed by atoms with E-state index in [-0.39, 0.29) is 11.5 Å². The molecule has 2 aromatic carbocycles. The van der Waals surface area contributed by atoms with Gasteiger partial charge in [-0.1, -0.05) is 31.5 Å². The number of rotatable bonds is 10. The Kier molecular flexibility index (Phi) is 10.3. The molecule has 9 nitrogen and oxygen atoms in total. The van der Waals surface area contributed by atoms with Gasteiger partial charge in [0.05, 0.1) is 6.61 Å². The van der Waals surface area contributed by atoms with Crippen molar-refractivity contribution in [3.05, 3.63) is 76.1 Å². The van der Waals surface area contributed by atoms with Gasteiger partial charge >= 0.3 is 5.97 Å². The van der Waals surface area contributed by atoms with Crippen LogP contribution in [-0.2, 0) is 23.1 Å². The van der Waals surface area contributed by atoms with Gasteiger partial charge < -0.3 is 29.5 Å². The van der Waals surface area contributed by atoms with Crippen molar-refractivity contribution in [2.24, 2.45) is 11.8 Å². The second-order valence-corrected chi connectivity index (χ2v) is 17.2. The number of carboxylic acids is 1. The maximum Gasteiger partial charge on any atom is 0.329 e. The third kappa shape index (κ3) is 7.33. The van der Waals surface area contributed by atoms with Crippen LogP contribution in [0.15, 0.2) is 48.7 Å². The smallest absolute Gasteiger partial charge is 0.329 e. The number of aromatic nitrogens is 1. The molecule has 0 unspecified atom stereocenters. The SMILES string of the molecule is C[C@@H](COc1ccnc2c1[C@H](C)CCC2)C[C@H]1Cc2cc3c(cc2C12CCC(Nc1cccc(Cl)c1)(C(=O)O)CC2)O[C@H](CN1CCN(C)CC1)CO3. The minimum atomic E-state index is -1.07. The summed E-state index contributed by atoms with van der Waals surface area (Å²) >= 11 is 6.32. The van der Waals surface area contributed by atoms with Crippen molar-refractivity contribution in [2.45, 2.75) is 94.6 Å². The van der Waals surface area contributed by atoms with Gasteiger partial charge in [-0.25, -0.2) is 4.79 Å². The van der Waals surface area contributed by atoms with Crippen LogP contribution >= 0.6 is 11.6 Å². The number of ether oxygens (including phenoxy) is 3. The van der Waals surface area contributed by atoms with Crippen LogP contribution in [0, 0.1) is 11.8 Å². The summed E-state index contributed by atoms with van der Waals surface area (Å²) in [5, 5.41) is 14.7. The summed E-state index contributed by atoms with van der Waals surface area (Å²) in [5.41, 5.74) is 4.60. The van der Waals surface area contributed by atoms with Crippen molar-refractivity contribution in [1.29, 1.82) is 0 Å². The number of likely N-dealkylation sites (N-methyl/N-ethyl adjacent to an activating group) is 1. The van der Waals surface area contributed by atoms with Crippen molar-refractivity contribution in [2.75, 3.05) is 58.3 Å². The molecule has 1 aromatic heterocycles. The first-order valence-corrected chi connectivity index (χ1v) is 20.2. The first-order chi connectivity index (χ1) is 25.6. The number of hydrogen-bond acceptors (Lipinski definition) is 8. The summed E-state index contributed by atoms with van der Waals surface area (Å²) in [6.07, 6.45) is 9.71. The number of halogens is 1. The second-order valence-electron chi connectivity index (χ2n) is 16.8. The molecule has 2 N–H and O–H groups in total. The molecule has 3 aromatic rings. The highest BCUT2D eigenvalue weighted by Crippen LogP contribution is 2.58. The van der Waals surface area contributed by atoms with E-state index in [1.807, 2.05) is 36.5 Å². The van der Waals surface area contributed by atoms with Crippen LogP contribution in [0.4, 0.5) is 5.69 Å². The summed E-state index contributed by atoms with van der Waals surface area (Å²) in [6.45, 7) is 10.8. The zero-order valence-corrected chi connectivity index (χ0v) is 32.3. The van der Waals surface area contributed by atoms with Crippen LogP contribution in [0.2, 0.25) is 5.02 Å². The maximum absolute atomic E-state index is 13.1. The Morgan fingerprint density at radius 3 is 2.70 bits per heavy atom. The molecule has 1 saturated heterocycles. The number of anilines is 1. The number of carboxylic acid groups (broad SMARTS) is 1. The van der Waals surface area contributed by atoms with Gasteiger partial charge in [-0.15, -0.1) is 0 Å². The number of nitrogens with zero attached hydrogens (tertiary/aromatic N) is 3. The standard InChI is InChI=1S/C43H55ClN4O5/c1-28(26-51-37-10-15-45-36-9-4-6-29(2)40(36)37)20-31-21-30-22-38-39(53-34(27-52-38)25-48-18-16-47(3)17-19-48)24-35(30)42(31)11-13-43(14-12-42,41(49)50)46-33-8-5-7-32(44)23-33/h5,7-8,10,15,22-24,28-29,31,34,46H,4,6,9,11-14,16-21,25-27H2,1-3H3,(H,49,50)/t28-,29-,31+,34-,42?,43?/m1/s1. The number of hydrogen-bond donors (Lipinski definition) is 2. The molecule has 5 aliphatic rings. The lowest BCUT2D eigenvalue weighted by atomic mass is 9.59. The second kappa shape index (κ2) is 15.0. The van der Waals surface area contributed by atoms with E-state index in [1.165, 1.54) is 35.2 Å². The fourth-order valence-electron chi connectivity index (χ4n) is 10.1. The van der Waals surface area contributed by atoms with Crippen LogP contribution in [0.5, 0.6) is 17.2 Å². The Balaban J connectivity index is 1.04. The van der Waals surface area contributed by atoms with Gasteiger partial charge in [0, 0.05) is 60.9 Å². The molecule has 3 aliphatic carbocycles. The summed E-state index contributed by atoms with van der Waals surface area (Å²) in [4.78, 5) is 22.6. The molecule has 0 bridgehead atoms. The van der Waals surface area contributed by atoms with E-state index >= 15 is 0 Å². The average Bonchev–Trinajstić information content (AvgIpc) is 3.42. The van der Waals surface area contributed by atoms with Crippen LogP contribution < -0.4 is 19.5 Å². The van der Waals surface area contributed by atoms with E-state index in [4.69, 9.17) is 25.8 Å². The Labute approximate surface area is 319 Å². The van der Waals surface area contributed by atoms with Gasteiger partial charge in [0.2, 0.25) is 0 Å². The summed E-state index contributed by atoms with van der Waals surface area (Å²) in [5.74, 6) is 2.94. The number of aryl methyl sites for hydroxylation is 1. The van der Waals surface area contributed by atoms with Crippen molar-refractivity contribution in [1.82, 2.24) is 14.8 Å². The van der Waals surface area contributed by atoms with Crippen molar-refractivity contribution in [3.8, 4) is 17.2 Å². The van der Waals surface area contributed by atoms with Crippen molar-refractivity contribution in [3.63, 3.8) is 0 Å². The monoisotopic (exact) mass is 742 g/mol. The zero-order chi connectivity index (χ0) is 36.7. The van der Waals surface area contributed by atoms with E-state index in [1.54, 1.807) is 0 Å². The number of nitrogens with one attached hydrogen (secondary N) is 1. The number of aliphatic carboxylic acids is 1. The van der Waals surface area contributed by atoms with Crippen LogP contribution in [-0.4, -0.2) is 90.5 Å². The molecule has 4 atom stereocenters. The lowest BCUT2D eigenvalue weighted by molar-refractivity contribution is -0.144. The molecule has 1 saturated carbocycles. The Hall–Kier alpha value is -3.53. The highest BCUT2D eigenvalue weighted by Gasteiger charge is 2.54. The minimum absolute atomic E-state index is 0.0242. The highest BCUT2D eigenvalue weighted by molar-refractivity contribution is 6.30. The predicted molar refractivity (Wildman–Crippen MR) is 208 cm³/mol. The largest absolute Gasteiger partial charge is 0.493 e. The van der Waals surface area contributed by atoms with E-state index in [9.17, 15) is 9.90 Å². The summed E-state index contributed by atoms with van der Waals surface area (Å²) in [7, 11) is 2.18. The molecule has 53 heavy (non-hydrogen) atoms. The van der Waals surface area contributed by atoms with Gasteiger partial charge in [-0.2, -0.15) is 0 Å².